The van der Waals surface area contributed by atoms with Gasteiger partial charge in [0.25, 0.3) is 0 Å². The highest BCUT2D eigenvalue weighted by molar-refractivity contribution is 5.86. The van der Waals surface area contributed by atoms with Crippen molar-refractivity contribution in [1.29, 1.82) is 0 Å². The van der Waals surface area contributed by atoms with Crippen molar-refractivity contribution in [3.05, 3.63) is 83.9 Å². The van der Waals surface area contributed by atoms with E-state index in [1.54, 1.807) is 0 Å². The minimum absolute atomic E-state index is 0.0237. The van der Waals surface area contributed by atoms with E-state index in [2.05, 4.69) is 66.8 Å². The smallest absolute Gasteiger partial charge is 0.317 e. The second-order valence-corrected chi connectivity index (χ2v) is 7.08. The van der Waals surface area contributed by atoms with Gasteiger partial charge in [-0.2, -0.15) is 0 Å². The van der Waals surface area contributed by atoms with Crippen LogP contribution < -0.4 is 5.32 Å². The van der Waals surface area contributed by atoms with Gasteiger partial charge in [-0.3, -0.25) is 0 Å². The molecule has 1 heterocycles. The molecular formula is C23H24N2O. The van der Waals surface area contributed by atoms with Gasteiger partial charge in [-0.05, 0) is 35.2 Å². The van der Waals surface area contributed by atoms with Crippen LogP contribution >= 0.6 is 0 Å². The van der Waals surface area contributed by atoms with Gasteiger partial charge in [0, 0.05) is 19.0 Å². The molecule has 0 saturated carbocycles. The number of fused-ring (bicyclic) bond motifs is 1. The summed E-state index contributed by atoms with van der Waals surface area (Å²) in [6, 6.07) is 25.1. The monoisotopic (exact) mass is 344 g/mol. The van der Waals surface area contributed by atoms with Gasteiger partial charge in [0.1, 0.15) is 0 Å². The summed E-state index contributed by atoms with van der Waals surface area (Å²) in [4.78, 5) is 14.7. The quantitative estimate of drug-likeness (QED) is 0.704. The molecule has 1 saturated heterocycles. The number of nitrogens with one attached hydrogen (secondary N) is 1. The number of nitrogens with zero attached hydrogens (tertiary/aromatic N) is 1. The van der Waals surface area contributed by atoms with Crippen LogP contribution in [0.1, 0.15) is 36.4 Å². The lowest BCUT2D eigenvalue weighted by Crippen LogP contribution is -2.39. The van der Waals surface area contributed by atoms with Crippen molar-refractivity contribution in [3.8, 4) is 0 Å². The summed E-state index contributed by atoms with van der Waals surface area (Å²) in [7, 11) is 0. The fourth-order valence-electron chi connectivity index (χ4n) is 3.92. The molecule has 2 amide bonds. The van der Waals surface area contributed by atoms with Gasteiger partial charge >= 0.3 is 6.03 Å². The fourth-order valence-corrected chi connectivity index (χ4v) is 3.92. The molecule has 3 aromatic carbocycles. The van der Waals surface area contributed by atoms with Crippen molar-refractivity contribution in [2.75, 3.05) is 13.1 Å². The average Bonchev–Trinajstić information content (AvgIpc) is 3.18. The number of benzene rings is 3. The zero-order valence-corrected chi connectivity index (χ0v) is 15.1. The first-order chi connectivity index (χ1) is 12.7. The second-order valence-electron chi connectivity index (χ2n) is 7.08. The van der Waals surface area contributed by atoms with Gasteiger partial charge in [-0.15, -0.1) is 0 Å². The number of hydrogen-bond donors (Lipinski definition) is 1. The maximum atomic E-state index is 12.8. The third-order valence-electron chi connectivity index (χ3n) is 5.38. The maximum Gasteiger partial charge on any atom is 0.317 e. The fraction of sp³-hybridized carbons (Fsp3) is 0.261. The van der Waals surface area contributed by atoms with E-state index in [1.165, 1.54) is 16.3 Å². The molecule has 0 aliphatic carbocycles. The van der Waals surface area contributed by atoms with E-state index in [9.17, 15) is 4.79 Å². The van der Waals surface area contributed by atoms with Crippen LogP contribution in [0, 0.1) is 0 Å². The normalized spacial score (nSPS) is 18.0. The Morgan fingerprint density at radius 1 is 1.00 bits per heavy atom. The topological polar surface area (TPSA) is 32.3 Å². The van der Waals surface area contributed by atoms with E-state index in [-0.39, 0.29) is 12.1 Å². The average molecular weight is 344 g/mol. The van der Waals surface area contributed by atoms with Crippen LogP contribution in [0.25, 0.3) is 10.8 Å². The van der Waals surface area contributed by atoms with Gasteiger partial charge in [-0.25, -0.2) is 4.79 Å². The van der Waals surface area contributed by atoms with Crippen molar-refractivity contribution in [2.45, 2.75) is 25.3 Å². The lowest BCUT2D eigenvalue weighted by molar-refractivity contribution is 0.205. The van der Waals surface area contributed by atoms with Crippen LogP contribution in [0.5, 0.6) is 0 Å². The Balaban J connectivity index is 1.45. The van der Waals surface area contributed by atoms with Crippen LogP contribution in [0.4, 0.5) is 4.79 Å². The van der Waals surface area contributed by atoms with Gasteiger partial charge in [-0.1, -0.05) is 72.8 Å². The molecule has 1 fully saturated rings. The van der Waals surface area contributed by atoms with Gasteiger partial charge in [0.2, 0.25) is 0 Å². The Morgan fingerprint density at radius 3 is 2.58 bits per heavy atom. The summed E-state index contributed by atoms with van der Waals surface area (Å²) < 4.78 is 0. The summed E-state index contributed by atoms with van der Waals surface area (Å²) in [5.74, 6) is 0.440. The van der Waals surface area contributed by atoms with E-state index in [0.29, 0.717) is 5.92 Å². The van der Waals surface area contributed by atoms with Gasteiger partial charge in [0.05, 0.1) is 6.04 Å². The highest BCUT2D eigenvalue weighted by Gasteiger charge is 2.28. The van der Waals surface area contributed by atoms with E-state index in [0.717, 1.165) is 25.1 Å². The first-order valence-electron chi connectivity index (χ1n) is 9.30. The lowest BCUT2D eigenvalue weighted by atomic mass is 9.99. The van der Waals surface area contributed by atoms with Crippen molar-refractivity contribution in [3.63, 3.8) is 0 Å². The van der Waals surface area contributed by atoms with E-state index >= 15 is 0 Å². The van der Waals surface area contributed by atoms with E-state index in [1.807, 2.05) is 23.1 Å². The minimum atomic E-state index is -0.0237. The predicted octanol–water partition coefficient (Wildman–Crippen LogP) is 5.10. The summed E-state index contributed by atoms with van der Waals surface area (Å²) >= 11 is 0. The Bertz CT molecular complexity index is 901. The summed E-state index contributed by atoms with van der Waals surface area (Å²) in [6.45, 7) is 3.66. The number of rotatable bonds is 3. The number of urea groups is 1. The Labute approximate surface area is 154 Å². The molecule has 1 aliphatic heterocycles. The molecule has 4 rings (SSSR count). The van der Waals surface area contributed by atoms with Gasteiger partial charge in [0.15, 0.2) is 0 Å². The molecule has 0 aromatic heterocycles. The number of likely N-dealkylation sites (tertiary alicyclic amines) is 1. The molecule has 3 heteroatoms. The Kier molecular flexibility index (Phi) is 4.61. The molecule has 3 nitrogen and oxygen atoms in total. The van der Waals surface area contributed by atoms with Crippen LogP contribution in [0.15, 0.2) is 72.8 Å². The highest BCUT2D eigenvalue weighted by atomic mass is 16.2. The number of carbonyl (C=O) groups excluding carboxylic acids is 1. The van der Waals surface area contributed by atoms with Crippen LogP contribution in [-0.4, -0.2) is 24.0 Å². The molecule has 1 N–H and O–H groups in total. The molecule has 0 unspecified atom stereocenters. The zero-order chi connectivity index (χ0) is 17.9. The van der Waals surface area contributed by atoms with Crippen molar-refractivity contribution >= 4 is 16.8 Å². The first kappa shape index (κ1) is 16.6. The highest BCUT2D eigenvalue weighted by Crippen LogP contribution is 2.28. The second kappa shape index (κ2) is 7.20. The SMILES string of the molecule is C[C@@H](NC(=O)N1CC[C@@H](c2ccccc2)C1)c1cccc2ccccc12. The molecule has 2 atom stereocenters. The molecule has 0 spiro atoms. The molecule has 0 radical (unpaired) electrons. The standard InChI is InChI=1S/C23H24N2O/c1-17(21-13-7-11-19-10-5-6-12-22(19)21)24-23(26)25-15-14-20(16-25)18-8-3-2-4-9-18/h2-13,17,20H,14-16H2,1H3,(H,24,26)/t17-,20-/m1/s1. The van der Waals surface area contributed by atoms with Gasteiger partial charge < -0.3 is 10.2 Å². The summed E-state index contributed by atoms with van der Waals surface area (Å²) in [6.07, 6.45) is 1.03. The number of amides is 2. The predicted molar refractivity (Wildman–Crippen MR) is 106 cm³/mol. The van der Waals surface area contributed by atoms with Crippen LogP contribution in [0.3, 0.4) is 0 Å². The maximum absolute atomic E-state index is 12.8. The Hall–Kier alpha value is -2.81. The summed E-state index contributed by atoms with van der Waals surface area (Å²) in [5.41, 5.74) is 2.49. The third-order valence-corrected chi connectivity index (χ3v) is 5.38. The molecule has 3 aromatic rings. The third kappa shape index (κ3) is 3.30. The molecule has 132 valence electrons. The van der Waals surface area contributed by atoms with E-state index in [4.69, 9.17) is 0 Å². The van der Waals surface area contributed by atoms with Crippen molar-refractivity contribution in [1.82, 2.24) is 10.2 Å². The molecule has 26 heavy (non-hydrogen) atoms. The zero-order valence-electron chi connectivity index (χ0n) is 15.1. The Morgan fingerprint density at radius 2 is 1.73 bits per heavy atom. The minimum Gasteiger partial charge on any atom is -0.331 e. The summed E-state index contributed by atoms with van der Waals surface area (Å²) in [5, 5.41) is 5.59. The molecule has 1 aliphatic rings. The van der Waals surface area contributed by atoms with Crippen LogP contribution in [-0.2, 0) is 0 Å². The molecular weight excluding hydrogens is 320 g/mol. The van der Waals surface area contributed by atoms with Crippen molar-refractivity contribution < 1.29 is 4.79 Å². The largest absolute Gasteiger partial charge is 0.331 e. The molecule has 0 bridgehead atoms. The van der Waals surface area contributed by atoms with Crippen LogP contribution in [0.2, 0.25) is 0 Å². The first-order valence-corrected chi connectivity index (χ1v) is 9.30. The van der Waals surface area contributed by atoms with E-state index < -0.39 is 0 Å². The number of carbonyl (C=O) groups is 1. The van der Waals surface area contributed by atoms with Crippen molar-refractivity contribution in [2.24, 2.45) is 0 Å². The lowest BCUT2D eigenvalue weighted by Gasteiger charge is -2.22. The number of hydrogen-bond acceptors (Lipinski definition) is 1.